The van der Waals surface area contributed by atoms with Crippen LogP contribution in [-0.4, -0.2) is 64.8 Å². The summed E-state index contributed by atoms with van der Waals surface area (Å²) in [6.45, 7) is 2.29. The second kappa shape index (κ2) is 7.97. The maximum absolute atomic E-state index is 12.9. The molecule has 0 saturated carbocycles. The van der Waals surface area contributed by atoms with E-state index < -0.39 is 0 Å². The number of methoxy groups -OCH3 is 1. The first-order valence-corrected chi connectivity index (χ1v) is 9.55. The second-order valence-corrected chi connectivity index (χ2v) is 6.70. The number of pyridine rings is 1. The third-order valence-corrected chi connectivity index (χ3v) is 4.68. The van der Waals surface area contributed by atoms with Crippen molar-refractivity contribution in [3.63, 3.8) is 0 Å². The molecular weight excluding hydrogens is 400 g/mol. The van der Waals surface area contributed by atoms with Crippen molar-refractivity contribution in [2.24, 2.45) is 0 Å². The van der Waals surface area contributed by atoms with Crippen LogP contribution in [0.2, 0.25) is 0 Å². The van der Waals surface area contributed by atoms with Gasteiger partial charge in [-0.25, -0.2) is 10.1 Å². The molecule has 150 valence electrons. The first kappa shape index (κ1) is 19.0. The molecule has 0 aromatic carbocycles. The predicted octanol–water partition coefficient (Wildman–Crippen LogP) is 0.348. The third kappa shape index (κ3) is 3.69. The number of nitrogens with zero attached hydrogens (tertiary/aromatic N) is 7. The van der Waals surface area contributed by atoms with Gasteiger partial charge in [-0.2, -0.15) is 14.5 Å². The van der Waals surface area contributed by atoms with Crippen LogP contribution in [0.1, 0.15) is 12.7 Å². The highest BCUT2D eigenvalue weighted by Gasteiger charge is 2.14. The van der Waals surface area contributed by atoms with Crippen LogP contribution in [0.4, 0.5) is 0 Å². The lowest BCUT2D eigenvalue weighted by atomic mass is 10.3. The largest absolute Gasteiger partial charge is 0.465 e. The quantitative estimate of drug-likeness (QED) is 0.331. The Balaban J connectivity index is 1.67. The number of hydrogen-bond acceptors (Lipinski definition) is 10. The van der Waals surface area contributed by atoms with E-state index in [1.807, 2.05) is 0 Å². The maximum Gasteiger partial charge on any atom is 0.316 e. The molecule has 29 heavy (non-hydrogen) atoms. The number of hydrogen-bond donors (Lipinski definition) is 1. The van der Waals surface area contributed by atoms with Crippen molar-refractivity contribution in [1.29, 1.82) is 0 Å². The highest BCUT2D eigenvalue weighted by molar-refractivity contribution is 7.99. The smallest absolute Gasteiger partial charge is 0.316 e. The lowest BCUT2D eigenvalue weighted by molar-refractivity contribution is -0.139. The van der Waals surface area contributed by atoms with Crippen LogP contribution in [0.25, 0.3) is 22.6 Å². The summed E-state index contributed by atoms with van der Waals surface area (Å²) in [5.74, 6) is 0.786. The number of rotatable bonds is 7. The molecule has 12 nitrogen and oxygen atoms in total. The van der Waals surface area contributed by atoms with Gasteiger partial charge in [-0.15, -0.1) is 10.2 Å². The van der Waals surface area contributed by atoms with Gasteiger partial charge in [0.05, 0.1) is 23.3 Å². The predicted molar refractivity (Wildman–Crippen MR) is 102 cm³/mol. The summed E-state index contributed by atoms with van der Waals surface area (Å²) in [4.78, 5) is 37.1. The molecule has 0 amide bonds. The molecule has 0 aliphatic rings. The summed E-state index contributed by atoms with van der Waals surface area (Å²) in [6, 6.07) is 1.71. The molecule has 0 unspecified atom stereocenters. The van der Waals surface area contributed by atoms with Crippen LogP contribution in [0.3, 0.4) is 0 Å². The number of aromatic amines is 1. The zero-order chi connectivity index (χ0) is 20.4. The minimum atomic E-state index is -0.359. The van der Waals surface area contributed by atoms with Crippen LogP contribution in [0, 0.1) is 0 Å². The van der Waals surface area contributed by atoms with E-state index in [0.717, 1.165) is 11.8 Å². The van der Waals surface area contributed by atoms with E-state index in [9.17, 15) is 9.59 Å². The van der Waals surface area contributed by atoms with E-state index in [1.54, 1.807) is 26.3 Å². The minimum Gasteiger partial charge on any atom is -0.465 e. The van der Waals surface area contributed by atoms with Gasteiger partial charge in [-0.05, 0) is 13.0 Å². The molecule has 0 aliphatic heterocycles. The molecule has 0 saturated heterocycles. The van der Waals surface area contributed by atoms with Crippen molar-refractivity contribution in [2.75, 3.05) is 19.5 Å². The number of carbonyl (C=O) groups is 1. The molecule has 0 radical (unpaired) electrons. The number of esters is 1. The van der Waals surface area contributed by atoms with E-state index >= 15 is 0 Å². The van der Waals surface area contributed by atoms with Gasteiger partial charge in [0, 0.05) is 19.5 Å². The lowest BCUT2D eigenvalue weighted by Gasteiger charge is -2.04. The van der Waals surface area contributed by atoms with E-state index in [2.05, 4.69) is 30.2 Å². The maximum atomic E-state index is 12.9. The van der Waals surface area contributed by atoms with Crippen molar-refractivity contribution in [3.8, 4) is 5.95 Å². The number of H-pyrrole nitrogens is 1. The topological polar surface area (TPSA) is 142 Å². The highest BCUT2D eigenvalue weighted by atomic mass is 32.2. The van der Waals surface area contributed by atoms with Gasteiger partial charge in [0.2, 0.25) is 11.1 Å². The van der Waals surface area contributed by atoms with Crippen molar-refractivity contribution in [1.82, 2.24) is 39.3 Å². The molecule has 4 aromatic heterocycles. The lowest BCUT2D eigenvalue weighted by Crippen LogP contribution is -2.20. The van der Waals surface area contributed by atoms with Crippen LogP contribution >= 0.6 is 11.8 Å². The normalized spacial score (nSPS) is 11.4. The fraction of sp³-hybridized carbons (Fsp3) is 0.312. The molecule has 0 aliphatic carbocycles. The monoisotopic (exact) mass is 416 g/mol. The Morgan fingerprint density at radius 1 is 1.34 bits per heavy atom. The zero-order valence-electron chi connectivity index (χ0n) is 15.5. The summed E-state index contributed by atoms with van der Waals surface area (Å²) in [7, 11) is 1.55. The molecular formula is C16H16N8O4S. The minimum absolute atomic E-state index is 0.0791. The second-order valence-electron chi connectivity index (χ2n) is 5.76. The molecule has 0 bridgehead atoms. The number of fused-ring (bicyclic) bond motifs is 3. The van der Waals surface area contributed by atoms with E-state index in [4.69, 9.17) is 9.47 Å². The Hall–Kier alpha value is -3.32. The number of carbonyl (C=O) groups excluding carboxylic acids is 1. The van der Waals surface area contributed by atoms with Crippen LogP contribution < -0.4 is 5.56 Å². The van der Waals surface area contributed by atoms with Gasteiger partial charge in [-0.3, -0.25) is 14.2 Å². The molecule has 13 heteroatoms. The number of aromatic nitrogens is 8. The van der Waals surface area contributed by atoms with E-state index in [1.165, 1.54) is 15.3 Å². The summed E-state index contributed by atoms with van der Waals surface area (Å²) in [5.41, 5.74) is 0.210. The van der Waals surface area contributed by atoms with Gasteiger partial charge in [0.25, 0.3) is 11.3 Å². The number of nitrogens with one attached hydrogen (secondary N) is 1. The molecule has 4 aromatic rings. The molecule has 0 spiro atoms. The Kier molecular flexibility index (Phi) is 5.22. The Morgan fingerprint density at radius 3 is 3.00 bits per heavy atom. The summed E-state index contributed by atoms with van der Waals surface area (Å²) in [5, 5.41) is 11.7. The fourth-order valence-corrected chi connectivity index (χ4v) is 3.25. The van der Waals surface area contributed by atoms with Crippen molar-refractivity contribution in [3.05, 3.63) is 34.6 Å². The first-order valence-electron chi connectivity index (χ1n) is 8.57. The SMILES string of the molecule is CCOC(=O)CSc1n[nH]c(-n2ccc3c(cnc4nc(COC)nn43)c2=O)n1. The van der Waals surface area contributed by atoms with Crippen molar-refractivity contribution in [2.45, 2.75) is 18.7 Å². The number of thioether (sulfide) groups is 1. The average Bonchev–Trinajstić information content (AvgIpc) is 3.34. The molecule has 4 heterocycles. The first-order chi connectivity index (χ1) is 14.1. The van der Waals surface area contributed by atoms with Gasteiger partial charge in [-0.1, -0.05) is 11.8 Å². The van der Waals surface area contributed by atoms with Crippen LogP contribution in [0.5, 0.6) is 0 Å². The van der Waals surface area contributed by atoms with E-state index in [-0.39, 0.29) is 29.8 Å². The van der Waals surface area contributed by atoms with Crippen molar-refractivity contribution >= 4 is 34.4 Å². The van der Waals surface area contributed by atoms with Gasteiger partial charge < -0.3 is 9.47 Å². The fourth-order valence-electron chi connectivity index (χ4n) is 2.65. The summed E-state index contributed by atoms with van der Waals surface area (Å²) in [6.07, 6.45) is 3.00. The summed E-state index contributed by atoms with van der Waals surface area (Å²) >= 11 is 1.11. The van der Waals surface area contributed by atoms with Gasteiger partial charge in [0.15, 0.2) is 5.82 Å². The Labute approximate surface area is 167 Å². The molecule has 0 atom stereocenters. The number of ether oxygens (including phenoxy) is 2. The van der Waals surface area contributed by atoms with Gasteiger partial charge in [0.1, 0.15) is 6.61 Å². The molecule has 1 N–H and O–H groups in total. The molecule has 4 rings (SSSR count). The van der Waals surface area contributed by atoms with Gasteiger partial charge >= 0.3 is 5.97 Å². The van der Waals surface area contributed by atoms with Crippen LogP contribution in [0.15, 0.2) is 28.4 Å². The Morgan fingerprint density at radius 2 is 2.21 bits per heavy atom. The average molecular weight is 416 g/mol. The standard InChI is InChI=1S/C16H16N8O4S/c1-3-28-12(25)8-29-16-19-15(20-21-16)23-5-4-10-9(13(23)26)6-17-14-18-11(7-27-2)22-24(10)14/h4-6H,3,7-8H2,1-2H3,(H,19,20,21). The zero-order valence-corrected chi connectivity index (χ0v) is 16.3. The van der Waals surface area contributed by atoms with Crippen molar-refractivity contribution < 1.29 is 14.3 Å². The van der Waals surface area contributed by atoms with Crippen LogP contribution in [-0.2, 0) is 20.9 Å². The third-order valence-electron chi connectivity index (χ3n) is 3.86. The molecule has 0 fully saturated rings. The Bertz CT molecular complexity index is 1250. The highest BCUT2D eigenvalue weighted by Crippen LogP contribution is 2.15. The van der Waals surface area contributed by atoms with E-state index in [0.29, 0.717) is 34.3 Å². The summed E-state index contributed by atoms with van der Waals surface area (Å²) < 4.78 is 12.7.